The quantitative estimate of drug-likeness (QED) is 0.829. The molecule has 1 aromatic heterocycles. The topological polar surface area (TPSA) is 47.8 Å². The minimum Gasteiger partial charge on any atom is -0.396 e. The second kappa shape index (κ2) is 8.83. The van der Waals surface area contributed by atoms with Crippen LogP contribution in [0.5, 0.6) is 0 Å². The molecule has 0 saturated carbocycles. The Morgan fingerprint density at radius 1 is 1.19 bits per heavy atom. The first-order chi connectivity index (χ1) is 12.5. The van der Waals surface area contributed by atoms with Gasteiger partial charge in [-0.1, -0.05) is 0 Å². The van der Waals surface area contributed by atoms with E-state index < -0.39 is 0 Å². The lowest BCUT2D eigenvalue weighted by atomic mass is 9.97. The maximum atomic E-state index is 9.61. The normalized spacial score (nSPS) is 24.6. The molecule has 6 nitrogen and oxygen atoms in total. The largest absolute Gasteiger partial charge is 0.396 e. The van der Waals surface area contributed by atoms with Crippen LogP contribution < -0.4 is 0 Å². The van der Waals surface area contributed by atoms with E-state index in [1.54, 1.807) is 0 Å². The average molecular weight is 364 g/mol. The lowest BCUT2D eigenvalue weighted by molar-refractivity contribution is -0.0000832. The van der Waals surface area contributed by atoms with Crippen molar-refractivity contribution >= 4 is 0 Å². The number of aliphatic hydroxyl groups excluding tert-OH is 1. The summed E-state index contributed by atoms with van der Waals surface area (Å²) in [7, 11) is 2.01. The van der Waals surface area contributed by atoms with Gasteiger partial charge in [-0.05, 0) is 53.1 Å². The third kappa shape index (κ3) is 4.47. The first kappa shape index (κ1) is 19.8. The van der Waals surface area contributed by atoms with Crippen LogP contribution in [0.15, 0.2) is 6.20 Å². The van der Waals surface area contributed by atoms with Gasteiger partial charge in [-0.2, -0.15) is 5.10 Å². The Morgan fingerprint density at radius 3 is 2.50 bits per heavy atom. The molecule has 26 heavy (non-hydrogen) atoms. The number of aryl methyl sites for hydroxylation is 1. The summed E-state index contributed by atoms with van der Waals surface area (Å²) in [6.45, 7) is 13.7. The number of piperidine rings is 1. The van der Waals surface area contributed by atoms with Crippen molar-refractivity contribution < 1.29 is 5.11 Å². The van der Waals surface area contributed by atoms with Crippen LogP contribution in [0.25, 0.3) is 0 Å². The molecule has 2 fully saturated rings. The summed E-state index contributed by atoms with van der Waals surface area (Å²) in [4.78, 5) is 7.85. The van der Waals surface area contributed by atoms with E-state index in [2.05, 4.69) is 40.6 Å². The van der Waals surface area contributed by atoms with Crippen LogP contribution in [0.4, 0.5) is 0 Å². The molecule has 0 bridgehead atoms. The SMILES string of the molecule is Cc1c(CN2CCN(C3CCN(C(C)C)CC3)[C@@H](CCO)C2)cnn1C. The molecule has 0 aliphatic carbocycles. The summed E-state index contributed by atoms with van der Waals surface area (Å²) in [5, 5.41) is 14.0. The molecule has 0 aromatic carbocycles. The van der Waals surface area contributed by atoms with E-state index in [0.717, 1.165) is 32.6 Å². The van der Waals surface area contributed by atoms with Gasteiger partial charge in [-0.25, -0.2) is 0 Å². The number of aliphatic hydroxyl groups is 1. The van der Waals surface area contributed by atoms with Gasteiger partial charge in [0, 0.05) is 69.2 Å². The second-order valence-electron chi connectivity index (χ2n) is 8.38. The van der Waals surface area contributed by atoms with Crippen LogP contribution >= 0.6 is 0 Å². The molecule has 2 aliphatic heterocycles. The van der Waals surface area contributed by atoms with Crippen molar-refractivity contribution in [2.24, 2.45) is 7.05 Å². The Labute approximate surface area is 158 Å². The molecule has 3 heterocycles. The average Bonchev–Trinajstić information content (AvgIpc) is 2.94. The van der Waals surface area contributed by atoms with Gasteiger partial charge in [-0.15, -0.1) is 0 Å². The van der Waals surface area contributed by atoms with Crippen molar-refractivity contribution in [3.05, 3.63) is 17.5 Å². The van der Waals surface area contributed by atoms with E-state index in [9.17, 15) is 5.11 Å². The number of piperazine rings is 1. The molecule has 2 aliphatic rings. The number of likely N-dealkylation sites (tertiary alicyclic amines) is 1. The monoisotopic (exact) mass is 363 g/mol. The lowest BCUT2D eigenvalue weighted by Crippen LogP contribution is -2.58. The van der Waals surface area contributed by atoms with E-state index in [4.69, 9.17) is 0 Å². The zero-order valence-electron chi connectivity index (χ0n) is 17.1. The Kier molecular flexibility index (Phi) is 6.72. The van der Waals surface area contributed by atoms with Crippen molar-refractivity contribution in [3.8, 4) is 0 Å². The van der Waals surface area contributed by atoms with E-state index in [1.165, 1.54) is 37.2 Å². The molecule has 3 rings (SSSR count). The molecule has 1 aromatic rings. The first-order valence-corrected chi connectivity index (χ1v) is 10.3. The predicted molar refractivity (Wildman–Crippen MR) is 105 cm³/mol. The third-order valence-electron chi connectivity index (χ3n) is 6.50. The number of nitrogens with zero attached hydrogens (tertiary/aromatic N) is 5. The number of rotatable bonds is 6. The fourth-order valence-corrected chi connectivity index (χ4v) is 4.64. The summed E-state index contributed by atoms with van der Waals surface area (Å²) < 4.78 is 1.96. The van der Waals surface area contributed by atoms with Crippen molar-refractivity contribution in [2.75, 3.05) is 39.3 Å². The van der Waals surface area contributed by atoms with E-state index >= 15 is 0 Å². The highest BCUT2D eigenvalue weighted by Crippen LogP contribution is 2.25. The predicted octanol–water partition coefficient (Wildman–Crippen LogP) is 1.47. The Morgan fingerprint density at radius 2 is 1.92 bits per heavy atom. The van der Waals surface area contributed by atoms with Crippen LogP contribution in [-0.4, -0.2) is 87.0 Å². The van der Waals surface area contributed by atoms with Crippen LogP contribution in [0.1, 0.15) is 44.4 Å². The molecular weight excluding hydrogens is 326 g/mol. The Bertz CT molecular complexity index is 565. The molecule has 0 radical (unpaired) electrons. The van der Waals surface area contributed by atoms with Gasteiger partial charge in [0.15, 0.2) is 0 Å². The van der Waals surface area contributed by atoms with Crippen LogP contribution in [0.3, 0.4) is 0 Å². The maximum absolute atomic E-state index is 9.61. The van der Waals surface area contributed by atoms with Gasteiger partial charge in [0.25, 0.3) is 0 Å². The fraction of sp³-hybridized carbons (Fsp3) is 0.850. The van der Waals surface area contributed by atoms with E-state index in [-0.39, 0.29) is 6.61 Å². The highest BCUT2D eigenvalue weighted by atomic mass is 16.3. The molecule has 148 valence electrons. The van der Waals surface area contributed by atoms with Gasteiger partial charge in [0.05, 0.1) is 6.20 Å². The Hall–Kier alpha value is -0.950. The van der Waals surface area contributed by atoms with Crippen LogP contribution in [0, 0.1) is 6.92 Å². The van der Waals surface area contributed by atoms with Crippen molar-refractivity contribution in [3.63, 3.8) is 0 Å². The molecule has 1 N–H and O–H groups in total. The summed E-state index contributed by atoms with van der Waals surface area (Å²) in [5.41, 5.74) is 2.58. The van der Waals surface area contributed by atoms with Gasteiger partial charge in [0.1, 0.15) is 0 Å². The number of aromatic nitrogens is 2. The fourth-order valence-electron chi connectivity index (χ4n) is 4.64. The second-order valence-corrected chi connectivity index (χ2v) is 8.38. The van der Waals surface area contributed by atoms with E-state index in [1.807, 2.05) is 17.9 Å². The number of hydrogen-bond acceptors (Lipinski definition) is 5. The summed E-state index contributed by atoms with van der Waals surface area (Å²) in [6, 6.07) is 1.81. The van der Waals surface area contributed by atoms with Crippen LogP contribution in [0.2, 0.25) is 0 Å². The van der Waals surface area contributed by atoms with Crippen molar-refractivity contribution in [1.82, 2.24) is 24.5 Å². The van der Waals surface area contributed by atoms with Gasteiger partial charge < -0.3 is 10.0 Å². The Balaban J connectivity index is 1.59. The highest BCUT2D eigenvalue weighted by molar-refractivity contribution is 5.15. The minimum atomic E-state index is 0.283. The summed E-state index contributed by atoms with van der Waals surface area (Å²) in [6.07, 6.45) is 5.42. The van der Waals surface area contributed by atoms with Gasteiger partial charge >= 0.3 is 0 Å². The molecular formula is C20H37N5O. The molecule has 2 saturated heterocycles. The zero-order chi connectivity index (χ0) is 18.7. The molecule has 0 spiro atoms. The van der Waals surface area contributed by atoms with Gasteiger partial charge in [-0.3, -0.25) is 14.5 Å². The van der Waals surface area contributed by atoms with Gasteiger partial charge in [0.2, 0.25) is 0 Å². The molecule has 6 heteroatoms. The minimum absolute atomic E-state index is 0.283. The standard InChI is InChI=1S/C20H37N5O/c1-16(2)24-8-5-19(6-9-24)25-11-10-23(15-20(25)7-12-26)14-18-13-21-22(4)17(18)3/h13,16,19-20,26H,5-12,14-15H2,1-4H3/t20-/m0/s1. The highest BCUT2D eigenvalue weighted by Gasteiger charge is 2.34. The molecule has 1 atom stereocenters. The van der Waals surface area contributed by atoms with E-state index in [0.29, 0.717) is 18.1 Å². The lowest BCUT2D eigenvalue weighted by Gasteiger charge is -2.48. The molecule has 0 amide bonds. The summed E-state index contributed by atoms with van der Waals surface area (Å²) in [5.74, 6) is 0. The zero-order valence-corrected chi connectivity index (χ0v) is 17.1. The van der Waals surface area contributed by atoms with Crippen molar-refractivity contribution in [1.29, 1.82) is 0 Å². The van der Waals surface area contributed by atoms with Crippen LogP contribution in [-0.2, 0) is 13.6 Å². The maximum Gasteiger partial charge on any atom is 0.0537 e. The smallest absolute Gasteiger partial charge is 0.0537 e. The number of hydrogen-bond donors (Lipinski definition) is 1. The first-order valence-electron chi connectivity index (χ1n) is 10.3. The van der Waals surface area contributed by atoms with Crippen molar-refractivity contribution in [2.45, 2.75) is 64.7 Å². The summed E-state index contributed by atoms with van der Waals surface area (Å²) >= 11 is 0. The third-order valence-corrected chi connectivity index (χ3v) is 6.50. The molecule has 0 unspecified atom stereocenters.